The highest BCUT2D eigenvalue weighted by Crippen LogP contribution is 2.31. The van der Waals surface area contributed by atoms with Crippen molar-refractivity contribution in [2.75, 3.05) is 19.8 Å². The van der Waals surface area contributed by atoms with Gasteiger partial charge in [0.1, 0.15) is 6.61 Å². The standard InChI is InChI=1S/C23H28F2O3/c1-3-5-16-6-8-17(9-7-16)18-10-11-19(27-14-18)15-28-21-13-12-20(26-4-2)22(24)23(21)25/h6-9,12-13,18-19H,3-5,10-11,14-15H2,1-2H3. The summed E-state index contributed by atoms with van der Waals surface area (Å²) < 4.78 is 44.4. The molecule has 5 heteroatoms. The number of aryl methyl sites for hydroxylation is 1. The Labute approximate surface area is 165 Å². The van der Waals surface area contributed by atoms with Gasteiger partial charge in [0.2, 0.25) is 11.6 Å². The molecule has 2 aromatic carbocycles. The minimum absolute atomic E-state index is 0.103. The molecule has 0 N–H and O–H groups in total. The molecule has 2 atom stereocenters. The van der Waals surface area contributed by atoms with E-state index in [2.05, 4.69) is 31.2 Å². The van der Waals surface area contributed by atoms with Crippen LogP contribution >= 0.6 is 0 Å². The highest BCUT2D eigenvalue weighted by Gasteiger charge is 2.24. The van der Waals surface area contributed by atoms with E-state index in [1.165, 1.54) is 23.3 Å². The number of ether oxygens (including phenoxy) is 3. The van der Waals surface area contributed by atoms with Gasteiger partial charge in [0.05, 0.1) is 19.3 Å². The molecule has 1 fully saturated rings. The van der Waals surface area contributed by atoms with Crippen LogP contribution in [0.3, 0.4) is 0 Å². The second-order valence-electron chi connectivity index (χ2n) is 7.16. The van der Waals surface area contributed by atoms with Gasteiger partial charge in [-0.1, -0.05) is 37.6 Å². The lowest BCUT2D eigenvalue weighted by Gasteiger charge is -2.29. The van der Waals surface area contributed by atoms with Crippen molar-refractivity contribution in [2.45, 2.75) is 51.6 Å². The molecule has 3 nitrogen and oxygen atoms in total. The maximum atomic E-state index is 14.1. The number of halogens is 2. The van der Waals surface area contributed by atoms with Gasteiger partial charge >= 0.3 is 0 Å². The fourth-order valence-corrected chi connectivity index (χ4v) is 3.52. The lowest BCUT2D eigenvalue weighted by molar-refractivity contribution is -0.0219. The Bertz CT molecular complexity index is 753. The molecule has 0 bridgehead atoms. The van der Waals surface area contributed by atoms with Crippen molar-refractivity contribution in [3.8, 4) is 11.5 Å². The van der Waals surface area contributed by atoms with Gasteiger partial charge in [-0.2, -0.15) is 8.78 Å². The SMILES string of the molecule is CCCc1ccc(C2CCC(COc3ccc(OCC)c(F)c3F)OC2)cc1. The molecular weight excluding hydrogens is 362 g/mol. The average molecular weight is 390 g/mol. The average Bonchev–Trinajstić information content (AvgIpc) is 2.72. The minimum atomic E-state index is -1.02. The monoisotopic (exact) mass is 390 g/mol. The summed E-state index contributed by atoms with van der Waals surface area (Å²) in [5, 5.41) is 0. The lowest BCUT2D eigenvalue weighted by Crippen LogP contribution is -2.29. The summed E-state index contributed by atoms with van der Waals surface area (Å²) in [5.41, 5.74) is 2.65. The van der Waals surface area contributed by atoms with E-state index in [-0.39, 0.29) is 30.8 Å². The second-order valence-corrected chi connectivity index (χ2v) is 7.16. The van der Waals surface area contributed by atoms with Crippen LogP contribution in [-0.2, 0) is 11.2 Å². The van der Waals surface area contributed by atoms with E-state index in [9.17, 15) is 8.78 Å². The third-order valence-electron chi connectivity index (χ3n) is 5.10. The van der Waals surface area contributed by atoms with E-state index in [4.69, 9.17) is 14.2 Å². The van der Waals surface area contributed by atoms with Gasteiger partial charge < -0.3 is 14.2 Å². The molecule has 1 aliphatic heterocycles. The predicted octanol–water partition coefficient (Wildman–Crippen LogP) is 5.66. The maximum Gasteiger partial charge on any atom is 0.204 e. The summed E-state index contributed by atoms with van der Waals surface area (Å²) in [6.45, 7) is 4.98. The van der Waals surface area contributed by atoms with Crippen LogP contribution in [0.5, 0.6) is 11.5 Å². The Balaban J connectivity index is 1.50. The first-order chi connectivity index (χ1) is 13.6. The second kappa shape index (κ2) is 9.87. The van der Waals surface area contributed by atoms with Crippen LogP contribution in [0.25, 0.3) is 0 Å². The molecule has 0 aliphatic carbocycles. The molecule has 0 amide bonds. The first-order valence-electron chi connectivity index (χ1n) is 10.1. The highest BCUT2D eigenvalue weighted by atomic mass is 19.2. The van der Waals surface area contributed by atoms with Crippen molar-refractivity contribution in [3.63, 3.8) is 0 Å². The van der Waals surface area contributed by atoms with Crippen molar-refractivity contribution in [1.82, 2.24) is 0 Å². The molecular formula is C23H28F2O3. The number of rotatable bonds is 8. The molecule has 1 saturated heterocycles. The maximum absolute atomic E-state index is 14.1. The predicted molar refractivity (Wildman–Crippen MR) is 105 cm³/mol. The topological polar surface area (TPSA) is 27.7 Å². The zero-order chi connectivity index (χ0) is 19.9. The molecule has 1 heterocycles. The van der Waals surface area contributed by atoms with Crippen LogP contribution in [0.15, 0.2) is 36.4 Å². The normalized spacial score (nSPS) is 19.4. The van der Waals surface area contributed by atoms with Gasteiger partial charge in [-0.25, -0.2) is 0 Å². The smallest absolute Gasteiger partial charge is 0.204 e. The van der Waals surface area contributed by atoms with Crippen LogP contribution in [0, 0.1) is 11.6 Å². The fourth-order valence-electron chi connectivity index (χ4n) is 3.52. The van der Waals surface area contributed by atoms with E-state index in [1.807, 2.05) is 0 Å². The summed E-state index contributed by atoms with van der Waals surface area (Å²) in [4.78, 5) is 0. The highest BCUT2D eigenvalue weighted by molar-refractivity contribution is 5.35. The quantitative estimate of drug-likeness (QED) is 0.582. The Morgan fingerprint density at radius 2 is 1.61 bits per heavy atom. The van der Waals surface area contributed by atoms with Crippen molar-refractivity contribution < 1.29 is 23.0 Å². The Morgan fingerprint density at radius 3 is 2.18 bits per heavy atom. The molecule has 2 aromatic rings. The molecule has 152 valence electrons. The molecule has 0 saturated carbocycles. The van der Waals surface area contributed by atoms with E-state index in [0.717, 1.165) is 25.7 Å². The van der Waals surface area contributed by atoms with Gasteiger partial charge in [0.25, 0.3) is 0 Å². The third-order valence-corrected chi connectivity index (χ3v) is 5.10. The summed E-state index contributed by atoms with van der Waals surface area (Å²) in [6.07, 6.45) is 3.93. The van der Waals surface area contributed by atoms with Crippen molar-refractivity contribution in [2.24, 2.45) is 0 Å². The first kappa shape index (κ1) is 20.6. The summed E-state index contributed by atoms with van der Waals surface area (Å²) >= 11 is 0. The van der Waals surface area contributed by atoms with Crippen molar-refractivity contribution >= 4 is 0 Å². The van der Waals surface area contributed by atoms with E-state index in [0.29, 0.717) is 12.5 Å². The Morgan fingerprint density at radius 1 is 0.929 bits per heavy atom. The molecule has 0 aromatic heterocycles. The fraction of sp³-hybridized carbons (Fsp3) is 0.478. The van der Waals surface area contributed by atoms with Crippen LogP contribution in [0.4, 0.5) is 8.78 Å². The van der Waals surface area contributed by atoms with Gasteiger partial charge in [0, 0.05) is 5.92 Å². The van der Waals surface area contributed by atoms with Crippen molar-refractivity contribution in [1.29, 1.82) is 0 Å². The molecule has 2 unspecified atom stereocenters. The first-order valence-corrected chi connectivity index (χ1v) is 10.1. The van der Waals surface area contributed by atoms with Crippen molar-refractivity contribution in [3.05, 3.63) is 59.2 Å². The van der Waals surface area contributed by atoms with Gasteiger partial charge in [-0.05, 0) is 49.4 Å². The number of benzene rings is 2. The van der Waals surface area contributed by atoms with Gasteiger partial charge in [-0.15, -0.1) is 0 Å². The molecule has 0 spiro atoms. The summed E-state index contributed by atoms with van der Waals surface area (Å²) in [5.74, 6) is -1.89. The molecule has 0 radical (unpaired) electrons. The zero-order valence-electron chi connectivity index (χ0n) is 16.5. The third kappa shape index (κ3) is 5.02. The van der Waals surface area contributed by atoms with Gasteiger partial charge in [-0.3, -0.25) is 0 Å². The van der Waals surface area contributed by atoms with Gasteiger partial charge in [0.15, 0.2) is 11.5 Å². The molecule has 3 rings (SSSR count). The van der Waals surface area contributed by atoms with E-state index < -0.39 is 11.6 Å². The molecule has 1 aliphatic rings. The Kier molecular flexibility index (Phi) is 7.26. The Hall–Kier alpha value is -2.14. The number of hydrogen-bond acceptors (Lipinski definition) is 3. The van der Waals surface area contributed by atoms with Crippen LogP contribution in [0.1, 0.15) is 50.2 Å². The van der Waals surface area contributed by atoms with E-state index in [1.54, 1.807) is 6.92 Å². The summed E-state index contributed by atoms with van der Waals surface area (Å²) in [7, 11) is 0. The van der Waals surface area contributed by atoms with Crippen LogP contribution in [0.2, 0.25) is 0 Å². The summed E-state index contributed by atoms with van der Waals surface area (Å²) in [6, 6.07) is 11.5. The number of hydrogen-bond donors (Lipinski definition) is 0. The van der Waals surface area contributed by atoms with Crippen LogP contribution < -0.4 is 9.47 Å². The van der Waals surface area contributed by atoms with E-state index >= 15 is 0 Å². The lowest BCUT2D eigenvalue weighted by atomic mass is 9.90. The molecule has 28 heavy (non-hydrogen) atoms. The largest absolute Gasteiger partial charge is 0.491 e. The zero-order valence-corrected chi connectivity index (χ0v) is 16.5. The van der Waals surface area contributed by atoms with Crippen LogP contribution in [-0.4, -0.2) is 25.9 Å². The minimum Gasteiger partial charge on any atom is -0.491 e.